The average Bonchev–Trinajstić information content (AvgIpc) is 3.38. The van der Waals surface area contributed by atoms with Gasteiger partial charge in [-0.1, -0.05) is 5.16 Å². The summed E-state index contributed by atoms with van der Waals surface area (Å²) >= 11 is 0. The number of nitrogens with one attached hydrogen (secondary N) is 1. The zero-order valence-electron chi connectivity index (χ0n) is 17.0. The molecule has 0 bridgehead atoms. The van der Waals surface area contributed by atoms with Crippen LogP contribution in [0.4, 0.5) is 4.39 Å². The number of nitrogens with zero attached hydrogens (tertiary/aromatic N) is 3. The van der Waals surface area contributed by atoms with Crippen molar-refractivity contribution in [3.8, 4) is 34.7 Å². The number of ether oxygens (including phenoxy) is 1. The number of rotatable bonds is 7. The second kappa shape index (κ2) is 8.40. The Balaban J connectivity index is 1.67. The predicted octanol–water partition coefficient (Wildman–Crippen LogP) is 4.81. The van der Waals surface area contributed by atoms with Crippen LogP contribution in [0, 0.1) is 17.1 Å². The van der Waals surface area contributed by atoms with Crippen LogP contribution in [0.2, 0.25) is 0 Å². The lowest BCUT2D eigenvalue weighted by Crippen LogP contribution is -2.06. The van der Waals surface area contributed by atoms with E-state index in [1.165, 1.54) is 6.07 Å². The Morgan fingerprint density at radius 1 is 1.32 bits per heavy atom. The van der Waals surface area contributed by atoms with Crippen LogP contribution in [0.3, 0.4) is 0 Å². The number of aldehydes is 1. The number of benzene rings is 2. The fourth-order valence-electron chi connectivity index (χ4n) is 3.35. The second-order valence-corrected chi connectivity index (χ2v) is 7.31. The number of carbonyl (C=O) groups is 1. The normalized spacial score (nSPS) is 11.1. The summed E-state index contributed by atoms with van der Waals surface area (Å²) in [5.74, 6) is 0.236. The zero-order chi connectivity index (χ0) is 22.0. The molecule has 0 unspecified atom stereocenters. The van der Waals surface area contributed by atoms with Gasteiger partial charge in [0, 0.05) is 29.1 Å². The van der Waals surface area contributed by atoms with Crippen molar-refractivity contribution < 1.29 is 18.4 Å². The summed E-state index contributed by atoms with van der Waals surface area (Å²) in [6.07, 6.45) is 3.44. The first-order valence-corrected chi connectivity index (χ1v) is 9.78. The molecule has 0 saturated carbocycles. The SMILES string of the molecule is CC(C)Oc1ccc(-c2nc(-c3cc4[nH]cc(CCC=O)c4cc3F)no2)cc1C#N. The van der Waals surface area contributed by atoms with Gasteiger partial charge in [-0.2, -0.15) is 10.2 Å². The first-order valence-electron chi connectivity index (χ1n) is 9.78. The van der Waals surface area contributed by atoms with E-state index in [2.05, 4.69) is 21.2 Å². The van der Waals surface area contributed by atoms with Gasteiger partial charge < -0.3 is 19.0 Å². The number of aromatic nitrogens is 3. The van der Waals surface area contributed by atoms with Crippen molar-refractivity contribution in [3.63, 3.8) is 0 Å². The fourth-order valence-corrected chi connectivity index (χ4v) is 3.35. The van der Waals surface area contributed by atoms with Crippen molar-refractivity contribution >= 4 is 17.2 Å². The molecule has 0 spiro atoms. The Hall–Kier alpha value is -3.99. The van der Waals surface area contributed by atoms with E-state index < -0.39 is 5.82 Å². The number of halogens is 1. The molecule has 2 aromatic carbocycles. The van der Waals surface area contributed by atoms with E-state index >= 15 is 0 Å². The first-order chi connectivity index (χ1) is 15.0. The van der Waals surface area contributed by atoms with Gasteiger partial charge in [-0.05, 0) is 56.2 Å². The summed E-state index contributed by atoms with van der Waals surface area (Å²) < 4.78 is 25.8. The molecule has 1 N–H and O–H groups in total. The third-order valence-electron chi connectivity index (χ3n) is 4.76. The Morgan fingerprint density at radius 3 is 2.90 bits per heavy atom. The summed E-state index contributed by atoms with van der Waals surface area (Å²) in [4.78, 5) is 18.0. The molecule has 0 atom stereocenters. The van der Waals surface area contributed by atoms with Crippen LogP contribution in [-0.2, 0) is 11.2 Å². The number of hydrogen-bond acceptors (Lipinski definition) is 6. The number of H-pyrrole nitrogens is 1. The molecule has 2 heterocycles. The molecule has 0 aliphatic carbocycles. The van der Waals surface area contributed by atoms with E-state index in [0.717, 1.165) is 11.8 Å². The van der Waals surface area contributed by atoms with E-state index in [0.29, 0.717) is 40.6 Å². The van der Waals surface area contributed by atoms with Gasteiger partial charge in [-0.25, -0.2) is 4.39 Å². The molecule has 8 heteroatoms. The highest BCUT2D eigenvalue weighted by atomic mass is 19.1. The molecule has 4 rings (SSSR count). The minimum absolute atomic E-state index is 0.0715. The molecule has 31 heavy (non-hydrogen) atoms. The van der Waals surface area contributed by atoms with Crippen molar-refractivity contribution in [2.75, 3.05) is 0 Å². The van der Waals surface area contributed by atoms with Crippen LogP contribution < -0.4 is 4.74 Å². The van der Waals surface area contributed by atoms with Gasteiger partial charge >= 0.3 is 0 Å². The van der Waals surface area contributed by atoms with E-state index in [1.807, 2.05) is 13.8 Å². The van der Waals surface area contributed by atoms with Gasteiger partial charge in [-0.3, -0.25) is 0 Å². The van der Waals surface area contributed by atoms with Crippen molar-refractivity contribution in [2.45, 2.75) is 32.8 Å². The lowest BCUT2D eigenvalue weighted by Gasteiger charge is -2.11. The third kappa shape index (κ3) is 4.03. The standard InChI is InChI=1S/C23H19FN4O3/c1-13(2)30-21-6-5-14(8-16(21)11-25)23-27-22(28-31-23)18-10-20-17(9-19(18)24)15(12-26-20)4-3-7-29/h5-10,12-13,26H,3-4H2,1-2H3. The van der Waals surface area contributed by atoms with Gasteiger partial charge in [0.05, 0.1) is 17.2 Å². The Labute approximate surface area is 177 Å². The summed E-state index contributed by atoms with van der Waals surface area (Å²) in [6.45, 7) is 3.75. The monoisotopic (exact) mass is 418 g/mol. The number of aryl methyl sites for hydroxylation is 1. The molecule has 0 fully saturated rings. The maximum atomic E-state index is 14.8. The number of fused-ring (bicyclic) bond motifs is 1. The molecular formula is C23H19FN4O3. The second-order valence-electron chi connectivity index (χ2n) is 7.31. The van der Waals surface area contributed by atoms with Gasteiger partial charge in [0.25, 0.3) is 5.89 Å². The Kier molecular flexibility index (Phi) is 5.50. The van der Waals surface area contributed by atoms with Crippen LogP contribution >= 0.6 is 0 Å². The number of hydrogen-bond donors (Lipinski definition) is 1. The Bertz CT molecular complexity index is 1300. The van der Waals surface area contributed by atoms with Crippen LogP contribution in [0.25, 0.3) is 33.7 Å². The molecule has 4 aromatic rings. The molecule has 0 radical (unpaired) electrons. The minimum Gasteiger partial charge on any atom is -0.490 e. The molecule has 0 saturated heterocycles. The van der Waals surface area contributed by atoms with E-state index in [4.69, 9.17) is 9.26 Å². The van der Waals surface area contributed by atoms with Crippen LogP contribution in [0.15, 0.2) is 41.1 Å². The average molecular weight is 418 g/mol. The van der Waals surface area contributed by atoms with Crippen molar-refractivity contribution in [3.05, 3.63) is 53.5 Å². The van der Waals surface area contributed by atoms with Gasteiger partial charge in [-0.15, -0.1) is 0 Å². The largest absolute Gasteiger partial charge is 0.490 e. The maximum absolute atomic E-state index is 14.8. The minimum atomic E-state index is -0.495. The van der Waals surface area contributed by atoms with Gasteiger partial charge in [0.2, 0.25) is 5.82 Å². The van der Waals surface area contributed by atoms with Crippen LogP contribution in [0.5, 0.6) is 5.75 Å². The molecule has 156 valence electrons. The summed E-state index contributed by atoms with van der Waals surface area (Å²) in [5.41, 5.74) is 2.64. The molecule has 0 aliphatic heterocycles. The fraction of sp³-hybridized carbons (Fsp3) is 0.217. The van der Waals surface area contributed by atoms with Crippen molar-refractivity contribution in [2.24, 2.45) is 0 Å². The molecule has 0 amide bonds. The lowest BCUT2D eigenvalue weighted by molar-refractivity contribution is -0.107. The lowest BCUT2D eigenvalue weighted by atomic mass is 10.1. The van der Waals surface area contributed by atoms with E-state index in [-0.39, 0.29) is 23.4 Å². The van der Waals surface area contributed by atoms with Crippen molar-refractivity contribution in [1.82, 2.24) is 15.1 Å². The molecule has 0 aliphatic rings. The van der Waals surface area contributed by atoms with E-state index in [9.17, 15) is 14.4 Å². The number of nitriles is 1. The number of aromatic amines is 1. The van der Waals surface area contributed by atoms with Crippen LogP contribution in [-0.4, -0.2) is 27.5 Å². The van der Waals surface area contributed by atoms with Crippen molar-refractivity contribution in [1.29, 1.82) is 5.26 Å². The third-order valence-corrected chi connectivity index (χ3v) is 4.76. The molecule has 7 nitrogen and oxygen atoms in total. The van der Waals surface area contributed by atoms with Crippen LogP contribution in [0.1, 0.15) is 31.4 Å². The Morgan fingerprint density at radius 2 is 2.16 bits per heavy atom. The quantitative estimate of drug-likeness (QED) is 0.432. The summed E-state index contributed by atoms with van der Waals surface area (Å²) in [7, 11) is 0. The highest BCUT2D eigenvalue weighted by Crippen LogP contribution is 2.31. The molecular weight excluding hydrogens is 399 g/mol. The summed E-state index contributed by atoms with van der Waals surface area (Å²) in [5, 5.41) is 14.0. The van der Waals surface area contributed by atoms with E-state index in [1.54, 1.807) is 30.5 Å². The first kappa shape index (κ1) is 20.3. The predicted molar refractivity (Wildman–Crippen MR) is 112 cm³/mol. The highest BCUT2D eigenvalue weighted by Gasteiger charge is 2.18. The smallest absolute Gasteiger partial charge is 0.258 e. The molecule has 2 aromatic heterocycles. The summed E-state index contributed by atoms with van der Waals surface area (Å²) in [6, 6.07) is 10.1. The highest BCUT2D eigenvalue weighted by molar-refractivity contribution is 5.87. The maximum Gasteiger partial charge on any atom is 0.258 e. The zero-order valence-corrected chi connectivity index (χ0v) is 17.0. The van der Waals surface area contributed by atoms with Gasteiger partial charge in [0.15, 0.2) is 0 Å². The van der Waals surface area contributed by atoms with Gasteiger partial charge in [0.1, 0.15) is 23.9 Å². The topological polar surface area (TPSA) is 105 Å². The number of carbonyl (C=O) groups excluding carboxylic acids is 1.